The molecule has 0 bridgehead atoms. The van der Waals surface area contributed by atoms with Gasteiger partial charge in [0.1, 0.15) is 5.82 Å². The summed E-state index contributed by atoms with van der Waals surface area (Å²) in [6.45, 7) is -1.12. The maximum Gasteiger partial charge on any atom is 1.00 e. The normalized spacial score (nSPS) is 11.3. The second kappa shape index (κ2) is 8.67. The van der Waals surface area contributed by atoms with Crippen LogP contribution in [-0.4, -0.2) is 13.6 Å². The predicted molar refractivity (Wildman–Crippen MR) is 64.7 cm³/mol. The van der Waals surface area contributed by atoms with E-state index in [4.69, 9.17) is 4.74 Å². The van der Waals surface area contributed by atoms with Gasteiger partial charge < -0.3 is 17.7 Å². The predicted octanol–water partition coefficient (Wildman–Crippen LogP) is 0.699. The van der Waals surface area contributed by atoms with Crippen LogP contribution in [-0.2, 0) is 0 Å². The maximum atomic E-state index is 13.0. The molecule has 0 aliphatic carbocycles. The smallest absolute Gasteiger partial charge is 0.496 e. The van der Waals surface area contributed by atoms with Gasteiger partial charge in [0.25, 0.3) is 0 Å². The number of ether oxygens (including phenoxy) is 1. The van der Waals surface area contributed by atoms with Gasteiger partial charge >= 0.3 is 58.4 Å². The summed E-state index contributed by atoms with van der Waals surface area (Å²) in [4.78, 5) is 0. The summed E-state index contributed by atoms with van der Waals surface area (Å²) >= 11 is 0. The molecule has 0 unspecified atom stereocenters. The van der Waals surface area contributed by atoms with E-state index in [0.717, 1.165) is 31.0 Å². The molecule has 0 fully saturated rings. The van der Waals surface area contributed by atoms with Crippen LogP contribution in [0.4, 0.5) is 17.3 Å². The van der Waals surface area contributed by atoms with Crippen LogP contribution in [0.5, 0.6) is 5.75 Å². The first kappa shape index (κ1) is 19.4. The van der Waals surface area contributed by atoms with Crippen molar-refractivity contribution in [3.8, 4) is 5.75 Å². The van der Waals surface area contributed by atoms with E-state index in [0.29, 0.717) is 0 Å². The van der Waals surface area contributed by atoms with Gasteiger partial charge in [0.15, 0.2) is 0 Å². The van der Waals surface area contributed by atoms with Crippen molar-refractivity contribution in [2.45, 2.75) is 26.7 Å². The molecule has 0 heterocycles. The van der Waals surface area contributed by atoms with Crippen molar-refractivity contribution in [2.75, 3.05) is 6.61 Å². The summed E-state index contributed by atoms with van der Waals surface area (Å²) in [5.41, 5.74) is -0.873. The van der Waals surface area contributed by atoms with E-state index in [-0.39, 0.29) is 63.9 Å². The summed E-state index contributed by atoms with van der Waals surface area (Å²) in [5, 5.41) is 0. The third-order valence-corrected chi connectivity index (χ3v) is 2.96. The first-order chi connectivity index (χ1) is 8.38. The standard InChI is InChI=1S/C12H16BF4O.K/c1-3-9(4-2)8-18-12-7-10(14)5-6-11(12)13(15,16)17;/h5-7,9H,3-4,8H2,1-2H3;/q-1;+1. The molecule has 0 radical (unpaired) electrons. The van der Waals surface area contributed by atoms with E-state index in [1.165, 1.54) is 0 Å². The molecule has 0 atom stereocenters. The Kier molecular flexibility index (Phi) is 8.87. The first-order valence-electron chi connectivity index (χ1n) is 6.00. The van der Waals surface area contributed by atoms with E-state index < -0.39 is 24.0 Å². The van der Waals surface area contributed by atoms with Gasteiger partial charge in [-0.15, -0.1) is 0 Å². The number of halogens is 4. The van der Waals surface area contributed by atoms with Gasteiger partial charge in [-0.3, -0.25) is 0 Å². The molecule has 1 aromatic carbocycles. The molecule has 0 N–H and O–H groups in total. The largest absolute Gasteiger partial charge is 1.00 e. The van der Waals surface area contributed by atoms with Crippen molar-refractivity contribution in [1.82, 2.24) is 0 Å². The molecule has 0 aromatic heterocycles. The average Bonchev–Trinajstić information content (AvgIpc) is 2.28. The molecule has 0 amide bonds. The van der Waals surface area contributed by atoms with Crippen molar-refractivity contribution in [3.63, 3.8) is 0 Å². The zero-order valence-electron chi connectivity index (χ0n) is 11.4. The molecule has 0 saturated heterocycles. The SMILES string of the molecule is CCC(CC)COc1cc(F)ccc1[B-](F)(F)F.[K+]. The molecule has 7 heteroatoms. The van der Waals surface area contributed by atoms with Crippen molar-refractivity contribution in [2.24, 2.45) is 5.92 Å². The molecule has 0 saturated carbocycles. The molecule has 102 valence electrons. The Hall–Kier alpha value is 0.441. The number of benzene rings is 1. The van der Waals surface area contributed by atoms with E-state index >= 15 is 0 Å². The van der Waals surface area contributed by atoms with Gasteiger partial charge in [0.05, 0.1) is 12.4 Å². The minimum absolute atomic E-state index is 0. The van der Waals surface area contributed by atoms with Crippen LogP contribution >= 0.6 is 0 Å². The zero-order chi connectivity index (χ0) is 13.8. The number of hydrogen-bond donors (Lipinski definition) is 0. The van der Waals surface area contributed by atoms with Crippen LogP contribution in [0, 0.1) is 11.7 Å². The topological polar surface area (TPSA) is 9.23 Å². The van der Waals surface area contributed by atoms with Crippen molar-refractivity contribution in [1.29, 1.82) is 0 Å². The van der Waals surface area contributed by atoms with Gasteiger partial charge in [0.2, 0.25) is 0 Å². The summed E-state index contributed by atoms with van der Waals surface area (Å²) in [6.07, 6.45) is 1.64. The third-order valence-electron chi connectivity index (χ3n) is 2.96. The fourth-order valence-electron chi connectivity index (χ4n) is 1.64. The molecule has 0 aliphatic heterocycles. The van der Waals surface area contributed by atoms with E-state index in [1.54, 1.807) is 0 Å². The van der Waals surface area contributed by atoms with Crippen LogP contribution in [0.25, 0.3) is 0 Å². The molecule has 1 aromatic rings. The van der Waals surface area contributed by atoms with Crippen molar-refractivity contribution < 1.29 is 73.5 Å². The molecule has 0 spiro atoms. The summed E-state index contributed by atoms with van der Waals surface area (Å²) in [7, 11) is 0. The molecular weight excluding hydrogens is 286 g/mol. The monoisotopic (exact) mass is 302 g/mol. The Morgan fingerprint density at radius 1 is 1.16 bits per heavy atom. The van der Waals surface area contributed by atoms with Crippen LogP contribution in [0.2, 0.25) is 0 Å². The summed E-state index contributed by atoms with van der Waals surface area (Å²) in [6, 6.07) is 2.33. The van der Waals surface area contributed by atoms with Crippen molar-refractivity contribution in [3.05, 3.63) is 24.0 Å². The Balaban J connectivity index is 0.00000324. The Labute approximate surface area is 153 Å². The molecule has 19 heavy (non-hydrogen) atoms. The third kappa shape index (κ3) is 6.16. The maximum absolute atomic E-state index is 13.0. The number of rotatable bonds is 6. The summed E-state index contributed by atoms with van der Waals surface area (Å²) < 4.78 is 56.3. The quantitative estimate of drug-likeness (QED) is 0.555. The molecule has 1 nitrogen and oxygen atoms in total. The zero-order valence-corrected chi connectivity index (χ0v) is 14.6. The van der Waals surface area contributed by atoms with Gasteiger partial charge in [0, 0.05) is 6.07 Å². The minimum atomic E-state index is -5.19. The minimum Gasteiger partial charge on any atom is -0.496 e. The Morgan fingerprint density at radius 3 is 2.21 bits per heavy atom. The van der Waals surface area contributed by atoms with Gasteiger partial charge in [-0.2, -0.15) is 0 Å². The Bertz CT molecular complexity index is 394. The molecule has 0 aliphatic rings. The van der Waals surface area contributed by atoms with E-state index in [2.05, 4.69) is 0 Å². The van der Waals surface area contributed by atoms with Crippen LogP contribution in [0.15, 0.2) is 18.2 Å². The molecule has 1 rings (SSSR count). The van der Waals surface area contributed by atoms with Crippen LogP contribution in [0.3, 0.4) is 0 Å². The van der Waals surface area contributed by atoms with Gasteiger partial charge in [-0.1, -0.05) is 38.2 Å². The van der Waals surface area contributed by atoms with Gasteiger partial charge in [-0.25, -0.2) is 4.39 Å². The fraction of sp³-hybridized carbons (Fsp3) is 0.500. The second-order valence-electron chi connectivity index (χ2n) is 4.25. The first-order valence-corrected chi connectivity index (χ1v) is 6.00. The number of hydrogen-bond acceptors (Lipinski definition) is 1. The second-order valence-corrected chi connectivity index (χ2v) is 4.25. The van der Waals surface area contributed by atoms with Crippen molar-refractivity contribution >= 4 is 12.4 Å². The van der Waals surface area contributed by atoms with E-state index in [1.807, 2.05) is 13.8 Å². The average molecular weight is 302 g/mol. The van der Waals surface area contributed by atoms with Crippen LogP contribution in [0.1, 0.15) is 26.7 Å². The molecular formula is C12H16BF4KO. The van der Waals surface area contributed by atoms with Crippen LogP contribution < -0.4 is 61.6 Å². The Morgan fingerprint density at radius 2 is 1.74 bits per heavy atom. The van der Waals surface area contributed by atoms with Gasteiger partial charge in [-0.05, 0) is 12.0 Å². The summed E-state index contributed by atoms with van der Waals surface area (Å²) in [5.74, 6) is -0.949. The fourth-order valence-corrected chi connectivity index (χ4v) is 1.64. The van der Waals surface area contributed by atoms with E-state index in [9.17, 15) is 17.3 Å².